The van der Waals surface area contributed by atoms with E-state index in [0.717, 1.165) is 5.56 Å². The summed E-state index contributed by atoms with van der Waals surface area (Å²) in [5.74, 6) is 0.0219. The van der Waals surface area contributed by atoms with E-state index < -0.39 is 5.97 Å². The average molecular weight is 229 g/mol. The van der Waals surface area contributed by atoms with Crippen LogP contribution in [0.4, 0.5) is 0 Å². The van der Waals surface area contributed by atoms with E-state index >= 15 is 0 Å². The molecule has 5 nitrogen and oxygen atoms in total. The van der Waals surface area contributed by atoms with Crippen molar-refractivity contribution in [1.29, 1.82) is 0 Å². The minimum atomic E-state index is -0.535. The number of hydrogen-bond donors (Lipinski definition) is 0. The van der Waals surface area contributed by atoms with Crippen LogP contribution in [0.1, 0.15) is 0 Å². The first kappa shape index (κ1) is 11.1. The van der Waals surface area contributed by atoms with Gasteiger partial charge in [-0.05, 0) is 0 Å². The zero-order chi connectivity index (χ0) is 12.3. The number of ether oxygens (including phenoxy) is 1. The lowest BCUT2D eigenvalue weighted by atomic mass is 10.2. The number of aromatic nitrogens is 3. The first-order valence-corrected chi connectivity index (χ1v) is 4.97. The largest absolute Gasteiger partial charge is 0.464 e. The molecule has 0 radical (unpaired) electrons. The maximum absolute atomic E-state index is 11.4. The molecule has 1 aromatic heterocycles. The van der Waals surface area contributed by atoms with Crippen LogP contribution in [-0.4, -0.2) is 27.8 Å². The Morgan fingerprint density at radius 1 is 1.35 bits per heavy atom. The second-order valence-corrected chi connectivity index (χ2v) is 3.30. The van der Waals surface area contributed by atoms with Crippen molar-refractivity contribution >= 4 is 11.7 Å². The highest BCUT2D eigenvalue weighted by Gasteiger charge is 2.15. The first-order chi connectivity index (χ1) is 8.24. The predicted octanol–water partition coefficient (Wildman–Crippen LogP) is 1.59. The summed E-state index contributed by atoms with van der Waals surface area (Å²) in [5, 5.41) is 3.97. The van der Waals surface area contributed by atoms with Gasteiger partial charge in [-0.2, -0.15) is 5.10 Å². The van der Waals surface area contributed by atoms with E-state index in [1.807, 2.05) is 30.3 Å². The van der Waals surface area contributed by atoms with Gasteiger partial charge < -0.3 is 4.74 Å². The highest BCUT2D eigenvalue weighted by atomic mass is 16.5. The molecule has 5 heteroatoms. The number of carbonyl (C=O) groups is 1. The fourth-order valence-electron chi connectivity index (χ4n) is 1.43. The van der Waals surface area contributed by atoms with Crippen LogP contribution in [0.15, 0.2) is 43.2 Å². The lowest BCUT2D eigenvalue weighted by molar-refractivity contribution is -0.134. The maximum Gasteiger partial charge on any atom is 0.356 e. The van der Waals surface area contributed by atoms with Crippen LogP contribution in [-0.2, 0) is 9.53 Å². The average Bonchev–Trinajstić information content (AvgIpc) is 2.87. The van der Waals surface area contributed by atoms with Crippen molar-refractivity contribution < 1.29 is 9.53 Å². The van der Waals surface area contributed by atoms with Gasteiger partial charge in [-0.1, -0.05) is 36.9 Å². The molecular weight excluding hydrogens is 218 g/mol. The Morgan fingerprint density at radius 3 is 2.71 bits per heavy atom. The lowest BCUT2D eigenvalue weighted by Gasteiger charge is -2.06. The fourth-order valence-corrected chi connectivity index (χ4v) is 1.43. The predicted molar refractivity (Wildman–Crippen MR) is 62.8 cm³/mol. The molecule has 0 atom stereocenters. The molecule has 0 saturated heterocycles. The van der Waals surface area contributed by atoms with E-state index in [0.29, 0.717) is 5.82 Å². The van der Waals surface area contributed by atoms with E-state index in [-0.39, 0.29) is 5.70 Å². The second kappa shape index (κ2) is 4.61. The molecule has 0 fully saturated rings. The number of benzene rings is 1. The maximum atomic E-state index is 11.4. The Bertz CT molecular complexity index is 546. The summed E-state index contributed by atoms with van der Waals surface area (Å²) in [6.45, 7) is 3.64. The van der Waals surface area contributed by atoms with Crippen molar-refractivity contribution in [1.82, 2.24) is 14.8 Å². The summed E-state index contributed by atoms with van der Waals surface area (Å²) in [5.41, 5.74) is 0.985. The fraction of sp³-hybridized carbons (Fsp3) is 0.0833. The van der Waals surface area contributed by atoms with Crippen molar-refractivity contribution in [3.8, 4) is 11.4 Å². The van der Waals surface area contributed by atoms with Crippen LogP contribution < -0.4 is 0 Å². The van der Waals surface area contributed by atoms with E-state index in [9.17, 15) is 4.79 Å². The van der Waals surface area contributed by atoms with Gasteiger partial charge in [0.15, 0.2) is 5.82 Å². The van der Waals surface area contributed by atoms with Gasteiger partial charge in [0.25, 0.3) is 0 Å². The standard InChI is InChI=1S/C12H11N3O2/c1-9(12(16)17-2)15-11(13-8-14-15)10-6-4-3-5-7-10/h3-8H,1H2,2H3. The topological polar surface area (TPSA) is 57.0 Å². The minimum absolute atomic E-state index is 0.129. The third-order valence-electron chi connectivity index (χ3n) is 2.26. The van der Waals surface area contributed by atoms with Crippen molar-refractivity contribution in [2.24, 2.45) is 0 Å². The molecule has 1 aromatic carbocycles. The van der Waals surface area contributed by atoms with E-state index in [1.54, 1.807) is 0 Å². The lowest BCUT2D eigenvalue weighted by Crippen LogP contribution is -2.11. The highest BCUT2D eigenvalue weighted by molar-refractivity contribution is 6.09. The van der Waals surface area contributed by atoms with E-state index in [4.69, 9.17) is 0 Å². The summed E-state index contributed by atoms with van der Waals surface area (Å²) in [7, 11) is 1.30. The summed E-state index contributed by atoms with van der Waals surface area (Å²) in [6, 6.07) is 9.43. The highest BCUT2D eigenvalue weighted by Crippen LogP contribution is 2.18. The summed E-state index contributed by atoms with van der Waals surface area (Å²) in [6.07, 6.45) is 1.37. The minimum Gasteiger partial charge on any atom is -0.464 e. The van der Waals surface area contributed by atoms with Crippen LogP contribution in [0.3, 0.4) is 0 Å². The van der Waals surface area contributed by atoms with Gasteiger partial charge in [0.1, 0.15) is 12.0 Å². The zero-order valence-corrected chi connectivity index (χ0v) is 9.33. The Kier molecular flexibility index (Phi) is 3.00. The third kappa shape index (κ3) is 2.08. The van der Waals surface area contributed by atoms with Gasteiger partial charge in [0, 0.05) is 5.56 Å². The number of methoxy groups -OCH3 is 1. The second-order valence-electron chi connectivity index (χ2n) is 3.30. The van der Waals surface area contributed by atoms with Crippen LogP contribution in [0.5, 0.6) is 0 Å². The van der Waals surface area contributed by atoms with Crippen molar-refractivity contribution in [3.05, 3.63) is 43.2 Å². The number of carbonyl (C=O) groups excluding carboxylic acids is 1. The molecule has 0 amide bonds. The van der Waals surface area contributed by atoms with Crippen molar-refractivity contribution in [2.75, 3.05) is 7.11 Å². The summed E-state index contributed by atoms with van der Waals surface area (Å²) in [4.78, 5) is 15.5. The van der Waals surface area contributed by atoms with E-state index in [1.165, 1.54) is 18.1 Å². The van der Waals surface area contributed by atoms with Crippen LogP contribution >= 0.6 is 0 Å². The van der Waals surface area contributed by atoms with Crippen LogP contribution in [0.2, 0.25) is 0 Å². The smallest absolute Gasteiger partial charge is 0.356 e. The normalized spacial score (nSPS) is 9.94. The number of rotatable bonds is 3. The van der Waals surface area contributed by atoms with Gasteiger partial charge in [-0.3, -0.25) is 0 Å². The van der Waals surface area contributed by atoms with Gasteiger partial charge in [0.05, 0.1) is 7.11 Å². The molecule has 0 N–H and O–H groups in total. The Hall–Kier alpha value is -2.43. The number of nitrogens with zero attached hydrogens (tertiary/aromatic N) is 3. The zero-order valence-electron chi connectivity index (χ0n) is 9.33. The quantitative estimate of drug-likeness (QED) is 0.592. The SMILES string of the molecule is C=C(C(=O)OC)n1ncnc1-c1ccccc1. The first-order valence-electron chi connectivity index (χ1n) is 4.97. The van der Waals surface area contributed by atoms with Gasteiger partial charge in [0.2, 0.25) is 0 Å². The molecule has 0 bridgehead atoms. The molecule has 0 saturated carbocycles. The molecule has 2 rings (SSSR count). The molecular formula is C12H11N3O2. The molecule has 1 heterocycles. The summed E-state index contributed by atoms with van der Waals surface area (Å²) >= 11 is 0. The molecule has 0 aliphatic rings. The monoisotopic (exact) mass is 229 g/mol. The van der Waals surface area contributed by atoms with E-state index in [2.05, 4.69) is 21.4 Å². The molecule has 0 aliphatic carbocycles. The Morgan fingerprint density at radius 2 is 2.06 bits per heavy atom. The molecule has 2 aromatic rings. The Labute approximate surface area is 98.4 Å². The molecule has 0 aliphatic heterocycles. The Balaban J connectivity index is 2.42. The van der Waals surface area contributed by atoms with Gasteiger partial charge in [-0.15, -0.1) is 0 Å². The number of hydrogen-bond acceptors (Lipinski definition) is 4. The van der Waals surface area contributed by atoms with Gasteiger partial charge in [-0.25, -0.2) is 14.5 Å². The van der Waals surface area contributed by atoms with Crippen LogP contribution in [0, 0.1) is 0 Å². The third-order valence-corrected chi connectivity index (χ3v) is 2.26. The van der Waals surface area contributed by atoms with Crippen molar-refractivity contribution in [2.45, 2.75) is 0 Å². The summed E-state index contributed by atoms with van der Waals surface area (Å²) < 4.78 is 5.96. The van der Waals surface area contributed by atoms with Crippen LogP contribution in [0.25, 0.3) is 17.1 Å². The molecule has 0 unspecified atom stereocenters. The number of esters is 1. The molecule has 0 spiro atoms. The van der Waals surface area contributed by atoms with Gasteiger partial charge >= 0.3 is 5.97 Å². The molecule has 17 heavy (non-hydrogen) atoms. The molecule has 86 valence electrons. The van der Waals surface area contributed by atoms with Crippen molar-refractivity contribution in [3.63, 3.8) is 0 Å².